The molecule has 8 nitrogen and oxygen atoms in total. The Morgan fingerprint density at radius 3 is 2.61 bits per heavy atom. The van der Waals surface area contributed by atoms with Crippen LogP contribution < -0.4 is 15.8 Å². The molecular formula is C24H25FN2O6. The van der Waals surface area contributed by atoms with E-state index in [1.165, 1.54) is 17.7 Å². The van der Waals surface area contributed by atoms with Gasteiger partial charge in [0.2, 0.25) is 5.91 Å². The summed E-state index contributed by atoms with van der Waals surface area (Å²) in [5.74, 6) is -1.54. The van der Waals surface area contributed by atoms with Crippen LogP contribution in [0.3, 0.4) is 0 Å². The Hall–Kier alpha value is -3.62. The van der Waals surface area contributed by atoms with Gasteiger partial charge in [-0.05, 0) is 34.9 Å². The molecule has 0 unspecified atom stereocenters. The molecule has 2 aromatic carbocycles. The Morgan fingerprint density at radius 2 is 1.94 bits per heavy atom. The lowest BCUT2D eigenvalue weighted by Crippen LogP contribution is -2.47. The number of nitrogens with one attached hydrogen (secondary N) is 1. The highest BCUT2D eigenvalue weighted by Gasteiger charge is 2.30. The number of amides is 1. The number of carbonyl (C=O) groups excluding carboxylic acids is 2. The van der Waals surface area contributed by atoms with Crippen LogP contribution in [0.15, 0.2) is 33.5 Å². The highest BCUT2D eigenvalue weighted by atomic mass is 19.1. The Labute approximate surface area is 189 Å². The number of hydrogen-bond acceptors (Lipinski definition) is 6. The predicted molar refractivity (Wildman–Crippen MR) is 118 cm³/mol. The van der Waals surface area contributed by atoms with Crippen molar-refractivity contribution in [1.29, 1.82) is 0 Å². The van der Waals surface area contributed by atoms with Gasteiger partial charge in [0.25, 0.3) is 0 Å². The third-order valence-corrected chi connectivity index (χ3v) is 5.74. The molecule has 0 spiro atoms. The van der Waals surface area contributed by atoms with E-state index in [1.807, 2.05) is 0 Å². The largest absolute Gasteiger partial charge is 0.488 e. The highest BCUT2D eigenvalue weighted by molar-refractivity contribution is 5.88. The summed E-state index contributed by atoms with van der Waals surface area (Å²) in [5.41, 5.74) is 2.46. The fourth-order valence-electron chi connectivity index (χ4n) is 3.77. The quantitative estimate of drug-likeness (QED) is 0.606. The number of nitrogens with zero attached hydrogens (tertiary/aromatic N) is 1. The van der Waals surface area contributed by atoms with Crippen LogP contribution in [0.1, 0.15) is 31.9 Å². The van der Waals surface area contributed by atoms with Crippen molar-refractivity contribution in [3.63, 3.8) is 0 Å². The average Bonchev–Trinajstić information content (AvgIpc) is 3.03. The fourth-order valence-corrected chi connectivity index (χ4v) is 3.77. The number of aryl methyl sites for hydroxylation is 1. The molecule has 1 aliphatic heterocycles. The molecule has 1 atom stereocenters. The second-order valence-corrected chi connectivity index (χ2v) is 9.14. The minimum atomic E-state index is -1.04. The summed E-state index contributed by atoms with van der Waals surface area (Å²) in [7, 11) is 2.81. The van der Waals surface area contributed by atoms with Crippen LogP contribution in [0.5, 0.6) is 5.75 Å². The van der Waals surface area contributed by atoms with Crippen LogP contribution in [0.2, 0.25) is 0 Å². The van der Waals surface area contributed by atoms with Crippen LogP contribution in [-0.2, 0) is 34.4 Å². The first-order valence-corrected chi connectivity index (χ1v) is 10.5. The van der Waals surface area contributed by atoms with E-state index < -0.39 is 29.0 Å². The molecule has 2 heterocycles. The van der Waals surface area contributed by atoms with Crippen LogP contribution in [0.25, 0.3) is 22.2 Å². The van der Waals surface area contributed by atoms with Gasteiger partial charge in [0, 0.05) is 30.5 Å². The molecule has 1 N–H and O–H groups in total. The van der Waals surface area contributed by atoms with E-state index in [2.05, 4.69) is 5.32 Å². The van der Waals surface area contributed by atoms with Gasteiger partial charge in [-0.3, -0.25) is 9.36 Å². The van der Waals surface area contributed by atoms with E-state index in [4.69, 9.17) is 13.9 Å². The zero-order valence-electron chi connectivity index (χ0n) is 19.1. The molecule has 0 saturated heterocycles. The van der Waals surface area contributed by atoms with E-state index in [-0.39, 0.29) is 24.5 Å². The number of hydrogen-bond donors (Lipinski definition) is 1. The summed E-state index contributed by atoms with van der Waals surface area (Å²) in [5, 5.41) is 2.65. The van der Waals surface area contributed by atoms with Gasteiger partial charge in [-0.1, -0.05) is 20.8 Å². The summed E-state index contributed by atoms with van der Waals surface area (Å²) in [4.78, 5) is 36.5. The first-order valence-electron chi connectivity index (χ1n) is 10.5. The second kappa shape index (κ2) is 8.06. The van der Waals surface area contributed by atoms with E-state index in [0.29, 0.717) is 28.0 Å². The lowest BCUT2D eigenvalue weighted by Gasteiger charge is -2.25. The van der Waals surface area contributed by atoms with E-state index >= 15 is 4.39 Å². The molecule has 3 aromatic rings. The van der Waals surface area contributed by atoms with Gasteiger partial charge >= 0.3 is 11.7 Å². The number of ether oxygens (including phenoxy) is 2. The number of benzene rings is 2. The third kappa shape index (κ3) is 4.10. The van der Waals surface area contributed by atoms with Gasteiger partial charge in [0.15, 0.2) is 5.58 Å². The molecule has 0 aliphatic carbocycles. The maximum absolute atomic E-state index is 15.2. The topological polar surface area (TPSA) is 99.8 Å². The monoisotopic (exact) mass is 456 g/mol. The van der Waals surface area contributed by atoms with Crippen molar-refractivity contribution in [3.05, 3.63) is 51.8 Å². The molecule has 33 heavy (non-hydrogen) atoms. The maximum Gasteiger partial charge on any atom is 0.419 e. The molecule has 1 aromatic heterocycles. The van der Waals surface area contributed by atoms with Gasteiger partial charge in [-0.25, -0.2) is 14.0 Å². The van der Waals surface area contributed by atoms with Gasteiger partial charge in [-0.2, -0.15) is 0 Å². The lowest BCUT2D eigenvalue weighted by atomic mass is 9.92. The SMILES string of the molecule is COC(=O)[C@H](Cc1cc2c(cc1F)-c1cc3c(cc1OC2)oc(=O)n3C)NC(=O)C(C)(C)C. The zero-order valence-corrected chi connectivity index (χ0v) is 19.1. The van der Waals surface area contributed by atoms with Gasteiger partial charge < -0.3 is 19.2 Å². The van der Waals surface area contributed by atoms with Gasteiger partial charge in [0.1, 0.15) is 24.2 Å². The fraction of sp³-hybridized carbons (Fsp3) is 0.375. The minimum Gasteiger partial charge on any atom is -0.488 e. The number of fused-ring (bicyclic) bond motifs is 4. The Balaban J connectivity index is 1.71. The smallest absolute Gasteiger partial charge is 0.419 e. The minimum absolute atomic E-state index is 0.0737. The molecule has 4 rings (SSSR count). The van der Waals surface area contributed by atoms with Crippen LogP contribution in [-0.4, -0.2) is 29.6 Å². The molecule has 0 fully saturated rings. The summed E-state index contributed by atoms with van der Waals surface area (Å²) in [6.07, 6.45) is -0.0737. The Morgan fingerprint density at radius 1 is 1.21 bits per heavy atom. The number of methoxy groups -OCH3 is 1. The number of carbonyl (C=O) groups is 2. The highest BCUT2D eigenvalue weighted by Crippen LogP contribution is 2.41. The standard InChI is InChI=1S/C24H25FN2O6/c1-24(2,3)22(29)26-17(21(28)31-5)7-12-6-13-11-32-19-10-20-18(27(4)23(30)33-20)9-15(19)14(13)8-16(12)25/h6,8-10,17H,7,11H2,1-5H3,(H,26,29)/t17-/m0/s1. The normalized spacial score (nSPS) is 13.6. The molecule has 0 radical (unpaired) electrons. The lowest BCUT2D eigenvalue weighted by molar-refractivity contribution is -0.146. The Kier molecular flexibility index (Phi) is 5.51. The van der Waals surface area contributed by atoms with Crippen molar-refractivity contribution < 1.29 is 27.9 Å². The van der Waals surface area contributed by atoms with Crippen LogP contribution in [0, 0.1) is 11.2 Å². The molecular weight excluding hydrogens is 431 g/mol. The summed E-state index contributed by atoms with van der Waals surface area (Å²) < 4.78 is 32.4. The molecule has 174 valence electrons. The summed E-state index contributed by atoms with van der Waals surface area (Å²) in [6.45, 7) is 5.34. The zero-order chi connectivity index (χ0) is 24.1. The number of halogens is 1. The number of aromatic nitrogens is 1. The molecule has 9 heteroatoms. The van der Waals surface area contributed by atoms with E-state index in [1.54, 1.807) is 46.0 Å². The summed E-state index contributed by atoms with van der Waals surface area (Å²) in [6, 6.07) is 5.33. The average molecular weight is 456 g/mol. The van der Waals surface area contributed by atoms with Crippen LogP contribution in [0.4, 0.5) is 4.39 Å². The number of rotatable bonds is 4. The first kappa shape index (κ1) is 22.6. The van der Waals surface area contributed by atoms with Crippen molar-refractivity contribution in [2.75, 3.05) is 7.11 Å². The van der Waals surface area contributed by atoms with Crippen molar-refractivity contribution in [1.82, 2.24) is 9.88 Å². The molecule has 1 aliphatic rings. The van der Waals surface area contributed by atoms with Crippen LogP contribution >= 0.6 is 0 Å². The maximum atomic E-state index is 15.2. The number of oxazole rings is 1. The first-order chi connectivity index (χ1) is 15.5. The third-order valence-electron chi connectivity index (χ3n) is 5.74. The summed E-state index contributed by atoms with van der Waals surface area (Å²) >= 11 is 0. The van der Waals surface area contributed by atoms with Crippen molar-refractivity contribution in [3.8, 4) is 16.9 Å². The Bertz CT molecular complexity index is 1330. The second-order valence-electron chi connectivity index (χ2n) is 9.14. The van der Waals surface area contributed by atoms with Crippen molar-refractivity contribution in [2.45, 2.75) is 39.8 Å². The predicted octanol–water partition coefficient (Wildman–Crippen LogP) is 3.08. The molecule has 1 amide bonds. The van der Waals surface area contributed by atoms with E-state index in [9.17, 15) is 14.4 Å². The van der Waals surface area contributed by atoms with Crippen molar-refractivity contribution >= 4 is 23.0 Å². The molecule has 0 bridgehead atoms. The van der Waals surface area contributed by atoms with Crippen molar-refractivity contribution in [2.24, 2.45) is 12.5 Å². The van der Waals surface area contributed by atoms with E-state index in [0.717, 1.165) is 5.56 Å². The van der Waals surface area contributed by atoms with Gasteiger partial charge in [0.05, 0.1) is 12.6 Å². The number of esters is 1. The molecule has 0 saturated carbocycles. The van der Waals surface area contributed by atoms with Gasteiger partial charge in [-0.15, -0.1) is 0 Å².